The number of hydrogen-bond acceptors (Lipinski definition) is 2. The molecule has 0 saturated heterocycles. The second kappa shape index (κ2) is 6.10. The van der Waals surface area contributed by atoms with Crippen LogP contribution in [0.5, 0.6) is 0 Å². The van der Waals surface area contributed by atoms with Crippen LogP contribution in [0.15, 0.2) is 18.2 Å². The summed E-state index contributed by atoms with van der Waals surface area (Å²) < 4.78 is 26.4. The van der Waals surface area contributed by atoms with Crippen molar-refractivity contribution in [1.29, 1.82) is 0 Å². The minimum Gasteiger partial charge on any atom is -0.478 e. The van der Waals surface area contributed by atoms with Crippen molar-refractivity contribution in [3.63, 3.8) is 0 Å². The van der Waals surface area contributed by atoms with Crippen molar-refractivity contribution < 1.29 is 18.7 Å². The first kappa shape index (κ1) is 13.3. The molecule has 92 valence electrons. The van der Waals surface area contributed by atoms with Crippen LogP contribution < -0.4 is 5.32 Å². The van der Waals surface area contributed by atoms with Crippen LogP contribution in [0.4, 0.5) is 8.78 Å². The molecule has 0 aromatic heterocycles. The maximum absolute atomic E-state index is 13.3. The van der Waals surface area contributed by atoms with Crippen LogP contribution in [0.2, 0.25) is 0 Å². The van der Waals surface area contributed by atoms with Crippen molar-refractivity contribution in [2.24, 2.45) is 0 Å². The van der Waals surface area contributed by atoms with Crippen LogP contribution >= 0.6 is 0 Å². The van der Waals surface area contributed by atoms with E-state index in [4.69, 9.17) is 5.11 Å². The zero-order valence-corrected chi connectivity index (χ0v) is 9.34. The van der Waals surface area contributed by atoms with E-state index in [2.05, 4.69) is 5.32 Å². The van der Waals surface area contributed by atoms with Gasteiger partial charge < -0.3 is 10.4 Å². The third kappa shape index (κ3) is 3.64. The fourth-order valence-electron chi connectivity index (χ4n) is 1.30. The molecule has 2 N–H and O–H groups in total. The summed E-state index contributed by atoms with van der Waals surface area (Å²) in [7, 11) is 1.79. The zero-order valence-electron chi connectivity index (χ0n) is 9.34. The van der Waals surface area contributed by atoms with Crippen LogP contribution in [-0.2, 0) is 0 Å². The van der Waals surface area contributed by atoms with Crippen LogP contribution in [0.25, 0.3) is 6.08 Å². The molecule has 0 saturated carbocycles. The lowest BCUT2D eigenvalue weighted by atomic mass is 10.1. The molecular weight excluding hydrogens is 228 g/mol. The molecule has 1 rings (SSSR count). The first-order valence-electron chi connectivity index (χ1n) is 5.09. The molecule has 5 heteroatoms. The molecule has 0 heterocycles. The molecule has 1 aromatic carbocycles. The highest BCUT2D eigenvalue weighted by Crippen LogP contribution is 2.16. The zero-order chi connectivity index (χ0) is 12.8. The monoisotopic (exact) mass is 241 g/mol. The highest BCUT2D eigenvalue weighted by Gasteiger charge is 2.13. The first-order chi connectivity index (χ1) is 8.06. The van der Waals surface area contributed by atoms with E-state index in [0.717, 1.165) is 12.6 Å². The van der Waals surface area contributed by atoms with Crippen molar-refractivity contribution in [2.45, 2.75) is 6.42 Å². The Morgan fingerprint density at radius 2 is 2.12 bits per heavy atom. The second-order valence-electron chi connectivity index (χ2n) is 3.45. The SMILES string of the molecule is CNCCC=Cc1cc(C(=O)O)c(F)cc1F. The topological polar surface area (TPSA) is 49.3 Å². The molecular formula is C12H13F2NO2. The maximum atomic E-state index is 13.3. The molecule has 0 fully saturated rings. The molecule has 17 heavy (non-hydrogen) atoms. The lowest BCUT2D eigenvalue weighted by Crippen LogP contribution is -2.05. The summed E-state index contributed by atoms with van der Waals surface area (Å²) in [6.07, 6.45) is 3.81. The Morgan fingerprint density at radius 3 is 2.71 bits per heavy atom. The Kier molecular flexibility index (Phi) is 4.78. The van der Waals surface area contributed by atoms with Gasteiger partial charge in [0, 0.05) is 11.6 Å². The molecule has 0 aliphatic rings. The van der Waals surface area contributed by atoms with E-state index >= 15 is 0 Å². The highest BCUT2D eigenvalue weighted by molar-refractivity contribution is 5.88. The number of carbonyl (C=O) groups is 1. The standard InChI is InChI=1S/C12H13F2NO2/c1-15-5-3-2-4-8-6-9(12(16)17)11(14)7-10(8)13/h2,4,6-7,15H,3,5H2,1H3,(H,16,17). The lowest BCUT2D eigenvalue weighted by Gasteiger charge is -2.01. The Hall–Kier alpha value is -1.75. The summed E-state index contributed by atoms with van der Waals surface area (Å²) in [5.41, 5.74) is -0.459. The van der Waals surface area contributed by atoms with Crippen LogP contribution in [-0.4, -0.2) is 24.7 Å². The van der Waals surface area contributed by atoms with Crippen LogP contribution in [0, 0.1) is 11.6 Å². The van der Waals surface area contributed by atoms with Crippen molar-refractivity contribution in [2.75, 3.05) is 13.6 Å². The summed E-state index contributed by atoms with van der Waals surface area (Å²) >= 11 is 0. The molecule has 0 unspecified atom stereocenters. The number of hydrogen-bond donors (Lipinski definition) is 2. The van der Waals surface area contributed by atoms with Gasteiger partial charge in [0.1, 0.15) is 11.6 Å². The molecule has 0 spiro atoms. The number of aromatic carboxylic acids is 1. The van der Waals surface area contributed by atoms with E-state index < -0.39 is 23.2 Å². The second-order valence-corrected chi connectivity index (χ2v) is 3.45. The van der Waals surface area contributed by atoms with Crippen molar-refractivity contribution in [3.8, 4) is 0 Å². The minimum atomic E-state index is -1.41. The van der Waals surface area contributed by atoms with Crippen molar-refractivity contribution in [3.05, 3.63) is 41.0 Å². The summed E-state index contributed by atoms with van der Waals surface area (Å²) in [6.45, 7) is 0.727. The van der Waals surface area contributed by atoms with E-state index in [1.807, 2.05) is 0 Å². The molecule has 0 bridgehead atoms. The average molecular weight is 241 g/mol. The minimum absolute atomic E-state index is 0.0694. The van der Waals surface area contributed by atoms with E-state index in [1.54, 1.807) is 13.1 Å². The van der Waals surface area contributed by atoms with E-state index in [1.165, 1.54) is 6.08 Å². The van der Waals surface area contributed by atoms with Gasteiger partial charge in [-0.3, -0.25) is 0 Å². The van der Waals surface area contributed by atoms with E-state index in [-0.39, 0.29) is 5.56 Å². The fraction of sp³-hybridized carbons (Fsp3) is 0.250. The Balaban J connectivity index is 2.95. The van der Waals surface area contributed by atoms with Gasteiger partial charge in [-0.05, 0) is 26.1 Å². The van der Waals surface area contributed by atoms with Gasteiger partial charge >= 0.3 is 5.97 Å². The molecule has 0 radical (unpaired) electrons. The predicted molar refractivity (Wildman–Crippen MR) is 60.9 cm³/mol. The number of halogens is 2. The number of nitrogens with one attached hydrogen (secondary N) is 1. The van der Waals surface area contributed by atoms with Crippen molar-refractivity contribution in [1.82, 2.24) is 5.32 Å². The molecule has 0 atom stereocenters. The fourth-order valence-corrected chi connectivity index (χ4v) is 1.30. The average Bonchev–Trinajstić information content (AvgIpc) is 2.26. The van der Waals surface area contributed by atoms with Gasteiger partial charge in [0.05, 0.1) is 5.56 Å². The molecule has 0 aliphatic heterocycles. The summed E-state index contributed by atoms with van der Waals surface area (Å²) in [5, 5.41) is 11.6. The molecule has 3 nitrogen and oxygen atoms in total. The summed E-state index contributed by atoms with van der Waals surface area (Å²) in [6, 6.07) is 1.57. The maximum Gasteiger partial charge on any atom is 0.338 e. The summed E-state index contributed by atoms with van der Waals surface area (Å²) in [5.74, 6) is -3.25. The number of carboxylic acid groups (broad SMARTS) is 1. The third-order valence-electron chi connectivity index (χ3n) is 2.18. The Labute approximate surface area is 97.8 Å². The van der Waals surface area contributed by atoms with Gasteiger partial charge in [0.25, 0.3) is 0 Å². The number of benzene rings is 1. The van der Waals surface area contributed by atoms with Crippen LogP contribution in [0.3, 0.4) is 0 Å². The van der Waals surface area contributed by atoms with Gasteiger partial charge in [-0.2, -0.15) is 0 Å². The molecule has 0 aliphatic carbocycles. The normalized spacial score (nSPS) is 11.0. The predicted octanol–water partition coefficient (Wildman–Crippen LogP) is 2.29. The largest absolute Gasteiger partial charge is 0.478 e. The number of rotatable bonds is 5. The Morgan fingerprint density at radius 1 is 1.41 bits per heavy atom. The van der Waals surface area contributed by atoms with Crippen molar-refractivity contribution >= 4 is 12.0 Å². The van der Waals surface area contributed by atoms with E-state index in [0.29, 0.717) is 12.5 Å². The lowest BCUT2D eigenvalue weighted by molar-refractivity contribution is 0.0691. The van der Waals surface area contributed by atoms with Gasteiger partial charge in [0.2, 0.25) is 0 Å². The smallest absolute Gasteiger partial charge is 0.338 e. The summed E-state index contributed by atoms with van der Waals surface area (Å²) in [4.78, 5) is 10.7. The van der Waals surface area contributed by atoms with Gasteiger partial charge in [-0.25, -0.2) is 13.6 Å². The number of carboxylic acids is 1. The third-order valence-corrected chi connectivity index (χ3v) is 2.18. The highest BCUT2D eigenvalue weighted by atomic mass is 19.1. The van der Waals surface area contributed by atoms with Gasteiger partial charge in [-0.1, -0.05) is 12.2 Å². The Bertz CT molecular complexity index is 444. The van der Waals surface area contributed by atoms with E-state index in [9.17, 15) is 13.6 Å². The molecule has 1 aromatic rings. The van der Waals surface area contributed by atoms with Gasteiger partial charge in [0.15, 0.2) is 0 Å². The quantitative estimate of drug-likeness (QED) is 0.777. The van der Waals surface area contributed by atoms with Gasteiger partial charge in [-0.15, -0.1) is 0 Å². The molecule has 0 amide bonds. The van der Waals surface area contributed by atoms with Crippen LogP contribution in [0.1, 0.15) is 22.3 Å². The first-order valence-corrected chi connectivity index (χ1v) is 5.09.